The van der Waals surface area contributed by atoms with Crippen LogP contribution in [0.25, 0.3) is 0 Å². The van der Waals surface area contributed by atoms with Crippen molar-refractivity contribution in [3.05, 3.63) is 41.5 Å². The summed E-state index contributed by atoms with van der Waals surface area (Å²) in [4.78, 5) is 47.3. The maximum absolute atomic E-state index is 11.9. The van der Waals surface area contributed by atoms with Crippen molar-refractivity contribution in [3.8, 4) is 5.75 Å². The number of amides is 3. The molecule has 1 saturated heterocycles. The molecule has 2 aliphatic heterocycles. The summed E-state index contributed by atoms with van der Waals surface area (Å²) >= 11 is 0. The van der Waals surface area contributed by atoms with Crippen LogP contribution in [-0.4, -0.2) is 117 Å². The zero-order valence-corrected chi connectivity index (χ0v) is 23.0. The predicted molar refractivity (Wildman–Crippen MR) is 140 cm³/mol. The second-order valence-electron chi connectivity index (χ2n) is 9.68. The topological polar surface area (TPSA) is 222 Å². The number of carbonyl (C=O) groups excluding carboxylic acids is 3. The third kappa shape index (κ3) is 9.29. The molecule has 1 aromatic carbocycles. The van der Waals surface area contributed by atoms with Gasteiger partial charge < -0.3 is 49.8 Å². The lowest BCUT2D eigenvalue weighted by atomic mass is 9.99. The highest BCUT2D eigenvalue weighted by atomic mass is 16.7. The fraction of sp³-hybridized carbons (Fsp3) is 0.556. The van der Waals surface area contributed by atoms with Crippen LogP contribution in [-0.2, 0) is 46.4 Å². The number of carboxylic acid groups (broad SMARTS) is 1. The molecule has 0 bridgehead atoms. The number of rotatable bonds is 16. The van der Waals surface area contributed by atoms with E-state index in [2.05, 4.69) is 5.32 Å². The number of imide groups is 1. The molecule has 42 heavy (non-hydrogen) atoms. The molecule has 3 amide bonds. The van der Waals surface area contributed by atoms with E-state index in [1.165, 1.54) is 6.92 Å². The third-order valence-electron chi connectivity index (χ3n) is 6.45. The molecule has 0 aromatic heterocycles. The van der Waals surface area contributed by atoms with Crippen LogP contribution in [0.15, 0.2) is 30.4 Å². The highest BCUT2D eigenvalue weighted by molar-refractivity contribution is 6.13. The van der Waals surface area contributed by atoms with Crippen LogP contribution in [0, 0.1) is 0 Å². The maximum Gasteiger partial charge on any atom is 0.335 e. The Kier molecular flexibility index (Phi) is 12.4. The first kappa shape index (κ1) is 33.1. The Hall–Kier alpha value is -3.44. The number of carboxylic acids is 1. The number of hydrogen-bond donors (Lipinski definition) is 6. The van der Waals surface area contributed by atoms with Crippen molar-refractivity contribution < 1.29 is 63.7 Å². The Labute approximate surface area is 241 Å². The van der Waals surface area contributed by atoms with E-state index in [4.69, 9.17) is 18.9 Å². The molecule has 1 fully saturated rings. The highest BCUT2D eigenvalue weighted by Gasteiger charge is 2.48. The first-order chi connectivity index (χ1) is 20.0. The molecule has 0 radical (unpaired) electrons. The molecule has 6 N–H and O–H groups in total. The van der Waals surface area contributed by atoms with E-state index in [1.54, 1.807) is 18.2 Å². The number of carbonyl (C=O) groups is 4. The summed E-state index contributed by atoms with van der Waals surface area (Å²) in [5, 5.41) is 51.6. The zero-order chi connectivity index (χ0) is 30.8. The van der Waals surface area contributed by atoms with Gasteiger partial charge in [-0.25, -0.2) is 4.79 Å². The van der Waals surface area contributed by atoms with Crippen LogP contribution in [0.4, 0.5) is 0 Å². The molecule has 2 unspecified atom stereocenters. The number of benzene rings is 1. The van der Waals surface area contributed by atoms with Crippen molar-refractivity contribution >= 4 is 23.7 Å². The molecule has 2 aliphatic rings. The molecule has 1 aromatic rings. The van der Waals surface area contributed by atoms with Gasteiger partial charge in [-0.2, -0.15) is 0 Å². The smallest absolute Gasteiger partial charge is 0.335 e. The van der Waals surface area contributed by atoms with Crippen molar-refractivity contribution in [2.24, 2.45) is 0 Å². The lowest BCUT2D eigenvalue weighted by Gasteiger charge is -2.38. The lowest BCUT2D eigenvalue weighted by Crippen LogP contribution is -2.61. The van der Waals surface area contributed by atoms with E-state index in [-0.39, 0.29) is 44.4 Å². The lowest BCUT2D eigenvalue weighted by molar-refractivity contribution is -0.271. The Morgan fingerprint density at radius 1 is 1.07 bits per heavy atom. The number of aliphatic hydroxyl groups excluding tert-OH is 4. The number of aliphatic hydroxyl groups is 4. The van der Waals surface area contributed by atoms with E-state index in [9.17, 15) is 44.7 Å². The van der Waals surface area contributed by atoms with E-state index in [0.717, 1.165) is 22.6 Å². The summed E-state index contributed by atoms with van der Waals surface area (Å²) in [6, 6.07) is 5.01. The quantitative estimate of drug-likeness (QED) is 0.0705. The minimum atomic E-state index is -1.85. The van der Waals surface area contributed by atoms with Crippen molar-refractivity contribution in [2.75, 3.05) is 26.3 Å². The molecular weight excluding hydrogens is 560 g/mol. The molecule has 0 saturated carbocycles. The van der Waals surface area contributed by atoms with E-state index >= 15 is 0 Å². The Morgan fingerprint density at radius 3 is 2.45 bits per heavy atom. The van der Waals surface area contributed by atoms with Crippen LogP contribution >= 0.6 is 0 Å². The summed E-state index contributed by atoms with van der Waals surface area (Å²) in [7, 11) is 0. The number of nitrogens with zero attached hydrogens (tertiary/aromatic N) is 1. The van der Waals surface area contributed by atoms with E-state index in [1.807, 2.05) is 0 Å². The number of aryl methyl sites for hydroxylation is 1. The van der Waals surface area contributed by atoms with Gasteiger partial charge in [0.25, 0.3) is 11.8 Å². The molecule has 0 aliphatic carbocycles. The average molecular weight is 597 g/mol. The Bertz CT molecular complexity index is 1120. The zero-order valence-electron chi connectivity index (χ0n) is 23.0. The largest absolute Gasteiger partial charge is 0.479 e. The normalized spacial score (nSPS) is 24.6. The van der Waals surface area contributed by atoms with Gasteiger partial charge in [-0.3, -0.25) is 19.3 Å². The van der Waals surface area contributed by atoms with Crippen LogP contribution in [0.1, 0.15) is 30.9 Å². The highest BCUT2D eigenvalue weighted by Crippen LogP contribution is 2.28. The van der Waals surface area contributed by atoms with Gasteiger partial charge >= 0.3 is 5.97 Å². The second kappa shape index (κ2) is 15.7. The summed E-state index contributed by atoms with van der Waals surface area (Å²) in [5.74, 6) is -2.57. The second-order valence-corrected chi connectivity index (χ2v) is 9.68. The summed E-state index contributed by atoms with van der Waals surface area (Å²) in [6.45, 7) is 2.24. The van der Waals surface area contributed by atoms with Gasteiger partial charge in [0.05, 0.1) is 13.2 Å². The molecule has 2 heterocycles. The summed E-state index contributed by atoms with van der Waals surface area (Å²) < 4.78 is 21.7. The SMILES string of the molecule is CC(O)OCc1cc(CCCOCCNC(=O)CCN2C(=O)C=CC2=O)ccc1O[C@@H]1O[C@H](C(=O)O)[C@@H](O)[C@H](O)C1O. The van der Waals surface area contributed by atoms with Crippen molar-refractivity contribution in [1.82, 2.24) is 10.2 Å². The minimum absolute atomic E-state index is 0.00547. The first-order valence-corrected chi connectivity index (χ1v) is 13.4. The standard InChI is InChI=1S/C27H36N2O13/c1-15(30)40-14-17-13-16(4-5-18(17)41-27-24(36)22(34)23(35)25(42-27)26(37)38)3-2-11-39-12-9-28-19(31)8-10-29-20(32)6-7-21(29)33/h4-7,13,15,22-25,27,30,34-36H,2-3,8-12,14H2,1H3,(H,28,31)(H,37,38)/t15?,22-,23-,24?,25-,27+/m0/s1. The Balaban J connectivity index is 1.44. The average Bonchev–Trinajstić information content (AvgIpc) is 3.27. The Morgan fingerprint density at radius 2 is 1.79 bits per heavy atom. The fourth-order valence-corrected chi connectivity index (χ4v) is 4.20. The third-order valence-corrected chi connectivity index (χ3v) is 6.45. The minimum Gasteiger partial charge on any atom is -0.479 e. The van der Waals surface area contributed by atoms with Gasteiger partial charge in [-0.15, -0.1) is 0 Å². The van der Waals surface area contributed by atoms with Crippen LogP contribution in [0.3, 0.4) is 0 Å². The number of ether oxygens (including phenoxy) is 4. The van der Waals surface area contributed by atoms with Crippen LogP contribution < -0.4 is 10.1 Å². The van der Waals surface area contributed by atoms with Crippen molar-refractivity contribution in [3.63, 3.8) is 0 Å². The predicted octanol–water partition coefficient (Wildman–Crippen LogP) is -1.81. The van der Waals surface area contributed by atoms with Crippen LogP contribution in [0.5, 0.6) is 5.75 Å². The van der Waals surface area contributed by atoms with Crippen molar-refractivity contribution in [1.29, 1.82) is 0 Å². The van der Waals surface area contributed by atoms with Crippen LogP contribution in [0.2, 0.25) is 0 Å². The number of aliphatic carboxylic acids is 1. The van der Waals surface area contributed by atoms with Gasteiger partial charge in [0.15, 0.2) is 12.4 Å². The number of nitrogens with one attached hydrogen (secondary N) is 1. The monoisotopic (exact) mass is 596 g/mol. The van der Waals surface area contributed by atoms with Gasteiger partial charge in [-0.1, -0.05) is 6.07 Å². The summed E-state index contributed by atoms with van der Waals surface area (Å²) in [6.07, 6.45) is -6.41. The molecule has 15 heteroatoms. The maximum atomic E-state index is 11.9. The van der Waals surface area contributed by atoms with Gasteiger partial charge in [0.2, 0.25) is 12.2 Å². The number of hydrogen-bond acceptors (Lipinski definition) is 12. The van der Waals surface area contributed by atoms with E-state index in [0.29, 0.717) is 25.0 Å². The van der Waals surface area contributed by atoms with Crippen molar-refractivity contribution in [2.45, 2.75) is 69.8 Å². The van der Waals surface area contributed by atoms with E-state index < -0.39 is 54.8 Å². The summed E-state index contributed by atoms with van der Waals surface area (Å²) in [5.41, 5.74) is 1.31. The van der Waals surface area contributed by atoms with Gasteiger partial charge in [0, 0.05) is 43.8 Å². The van der Waals surface area contributed by atoms with Gasteiger partial charge in [0.1, 0.15) is 24.1 Å². The molecule has 0 spiro atoms. The molecule has 6 atom stereocenters. The molecular formula is C27H36N2O13. The molecule has 232 valence electrons. The molecule has 15 nitrogen and oxygen atoms in total. The fourth-order valence-electron chi connectivity index (χ4n) is 4.20. The van der Waals surface area contributed by atoms with Gasteiger partial charge in [-0.05, 0) is 37.5 Å². The molecule has 3 rings (SSSR count). The first-order valence-electron chi connectivity index (χ1n) is 13.4.